The number of fused-ring (bicyclic) bond motifs is 2. The normalized spacial score (nSPS) is 11.9. The van der Waals surface area contributed by atoms with E-state index >= 15 is 0 Å². The molecule has 0 unspecified atom stereocenters. The van der Waals surface area contributed by atoms with Crippen molar-refractivity contribution in [2.45, 2.75) is 0 Å². The van der Waals surface area contributed by atoms with Gasteiger partial charge in [-0.3, -0.25) is 0 Å². The first-order chi connectivity index (χ1) is 8.63. The van der Waals surface area contributed by atoms with Gasteiger partial charge >= 0.3 is 0 Å². The molecule has 2 aromatic carbocycles. The molecule has 18 heavy (non-hydrogen) atoms. The highest BCUT2D eigenvalue weighted by Crippen LogP contribution is 2.36. The van der Waals surface area contributed by atoms with E-state index < -0.39 is 0 Å². The Morgan fingerprint density at radius 2 is 1.89 bits per heavy atom. The minimum atomic E-state index is 0.769. The van der Waals surface area contributed by atoms with E-state index in [9.17, 15) is 0 Å². The average molecular weight is 238 g/mol. The van der Waals surface area contributed by atoms with Crippen molar-refractivity contribution >= 4 is 18.0 Å². The molecular formula is C15H14N2O. The molecule has 3 heteroatoms. The fraction of sp³-hybridized carbons (Fsp3) is 0.133. The van der Waals surface area contributed by atoms with Gasteiger partial charge in [-0.2, -0.15) is 0 Å². The lowest BCUT2D eigenvalue weighted by Gasteiger charge is -2.18. The zero-order chi connectivity index (χ0) is 12.7. The fourth-order valence-corrected chi connectivity index (χ4v) is 1.94. The van der Waals surface area contributed by atoms with Crippen LogP contribution in [0.1, 0.15) is 0 Å². The molecule has 1 heterocycles. The van der Waals surface area contributed by atoms with E-state index in [0.29, 0.717) is 0 Å². The van der Waals surface area contributed by atoms with Crippen molar-refractivity contribution < 1.29 is 4.74 Å². The molecule has 0 bridgehead atoms. The molecule has 0 N–H and O–H groups in total. The van der Waals surface area contributed by atoms with Gasteiger partial charge in [0, 0.05) is 25.8 Å². The van der Waals surface area contributed by atoms with Crippen LogP contribution in [0.4, 0.5) is 11.4 Å². The maximum Gasteiger partial charge on any atom is 0.155 e. The summed E-state index contributed by atoms with van der Waals surface area (Å²) < 4.78 is 5.89. The summed E-state index contributed by atoms with van der Waals surface area (Å²) >= 11 is 0. The van der Waals surface area contributed by atoms with Crippen LogP contribution in [-0.2, 0) is 0 Å². The summed E-state index contributed by atoms with van der Waals surface area (Å²) in [5.74, 6) is 1.56. The molecule has 0 aromatic heterocycles. The van der Waals surface area contributed by atoms with E-state index in [-0.39, 0.29) is 0 Å². The van der Waals surface area contributed by atoms with Gasteiger partial charge in [0.15, 0.2) is 11.5 Å². The van der Waals surface area contributed by atoms with Crippen molar-refractivity contribution in [1.29, 1.82) is 0 Å². The molecule has 90 valence electrons. The maximum absolute atomic E-state index is 5.89. The molecule has 0 saturated heterocycles. The third kappa shape index (κ3) is 1.74. The van der Waals surface area contributed by atoms with Gasteiger partial charge in [-0.15, -0.1) is 0 Å². The molecule has 2 aromatic rings. The Hall–Kier alpha value is -2.29. The van der Waals surface area contributed by atoms with Crippen LogP contribution in [0, 0.1) is 0 Å². The highest BCUT2D eigenvalue weighted by molar-refractivity contribution is 5.63. The molecule has 1 aliphatic heterocycles. The van der Waals surface area contributed by atoms with Crippen molar-refractivity contribution in [3.63, 3.8) is 0 Å². The quantitative estimate of drug-likeness (QED) is 0.649. The summed E-state index contributed by atoms with van der Waals surface area (Å²) in [7, 11) is 4.01. The minimum Gasteiger partial charge on any atom is -0.453 e. The summed E-state index contributed by atoms with van der Waals surface area (Å²) in [5, 5.41) is 1.78. The van der Waals surface area contributed by atoms with Crippen molar-refractivity contribution in [2.24, 2.45) is 4.99 Å². The smallest absolute Gasteiger partial charge is 0.155 e. The van der Waals surface area contributed by atoms with Crippen LogP contribution in [0.5, 0.6) is 11.5 Å². The molecule has 0 aliphatic carbocycles. The monoisotopic (exact) mass is 238 g/mol. The predicted octanol–water partition coefficient (Wildman–Crippen LogP) is 2.22. The second-order valence-corrected chi connectivity index (χ2v) is 4.56. The molecule has 3 rings (SSSR count). The van der Waals surface area contributed by atoms with Gasteiger partial charge in [0.1, 0.15) is 11.0 Å². The zero-order valence-electron chi connectivity index (χ0n) is 10.5. The molecule has 3 nitrogen and oxygen atoms in total. The maximum atomic E-state index is 5.89. The molecule has 0 fully saturated rings. The Balaban J connectivity index is 2.18. The van der Waals surface area contributed by atoms with E-state index in [1.54, 1.807) is 0 Å². The summed E-state index contributed by atoms with van der Waals surface area (Å²) in [5.41, 5.74) is 1.96. The van der Waals surface area contributed by atoms with Crippen molar-refractivity contribution in [3.8, 4) is 11.5 Å². The first kappa shape index (κ1) is 10.8. The van der Waals surface area contributed by atoms with Crippen molar-refractivity contribution in [1.82, 2.24) is 0 Å². The van der Waals surface area contributed by atoms with Crippen LogP contribution in [0.2, 0.25) is 0 Å². The van der Waals surface area contributed by atoms with Gasteiger partial charge in [0.25, 0.3) is 0 Å². The molecule has 0 spiro atoms. The average Bonchev–Trinajstić information content (AvgIpc) is 2.35. The van der Waals surface area contributed by atoms with Crippen LogP contribution in [0.3, 0.4) is 0 Å². The Kier molecular flexibility index (Phi) is 2.33. The molecule has 0 amide bonds. The van der Waals surface area contributed by atoms with Gasteiger partial charge in [-0.1, -0.05) is 12.6 Å². The first-order valence-electron chi connectivity index (χ1n) is 5.80. The van der Waals surface area contributed by atoms with Crippen molar-refractivity contribution in [3.05, 3.63) is 47.0 Å². The Morgan fingerprint density at radius 1 is 1.06 bits per heavy atom. The number of ether oxygens (including phenoxy) is 1. The van der Waals surface area contributed by atoms with E-state index in [1.807, 2.05) is 55.4 Å². The lowest BCUT2D eigenvalue weighted by molar-refractivity contribution is 0.469. The van der Waals surface area contributed by atoms with E-state index in [4.69, 9.17) is 4.74 Å². The number of hydrogen-bond acceptors (Lipinski definition) is 3. The fourth-order valence-electron chi connectivity index (χ4n) is 1.94. The van der Waals surface area contributed by atoms with Crippen LogP contribution >= 0.6 is 0 Å². The van der Waals surface area contributed by atoms with Gasteiger partial charge in [-0.05, 0) is 29.5 Å². The van der Waals surface area contributed by atoms with Crippen LogP contribution in [0.25, 0.3) is 6.58 Å². The highest BCUT2D eigenvalue weighted by Gasteiger charge is 2.12. The van der Waals surface area contributed by atoms with Crippen molar-refractivity contribution in [2.75, 3.05) is 19.0 Å². The standard InChI is InChI=1S/C15H14N2O/c1-10-4-6-12-14(8-10)18-15-9-11(17(2)3)5-7-13(15)16-12/h4-9H,1H2,2-3H3. The van der Waals surface area contributed by atoms with E-state index in [1.165, 1.54) is 0 Å². The number of nitrogens with zero attached hydrogens (tertiary/aromatic N) is 2. The third-order valence-corrected chi connectivity index (χ3v) is 2.94. The second kappa shape index (κ2) is 3.88. The number of rotatable bonds is 1. The highest BCUT2D eigenvalue weighted by atomic mass is 16.5. The second-order valence-electron chi connectivity index (χ2n) is 4.56. The summed E-state index contributed by atoms with van der Waals surface area (Å²) in [4.78, 5) is 6.62. The summed E-state index contributed by atoms with van der Waals surface area (Å²) in [6, 6.07) is 11.8. The van der Waals surface area contributed by atoms with Crippen LogP contribution in [0.15, 0.2) is 41.4 Å². The largest absolute Gasteiger partial charge is 0.453 e. The molecule has 0 atom stereocenters. The van der Waals surface area contributed by atoms with E-state index in [0.717, 1.165) is 33.4 Å². The lowest BCUT2D eigenvalue weighted by atomic mass is 10.2. The number of hydrogen-bond donors (Lipinski definition) is 0. The first-order valence-corrected chi connectivity index (χ1v) is 5.80. The van der Waals surface area contributed by atoms with E-state index in [2.05, 4.69) is 11.6 Å². The van der Waals surface area contributed by atoms with Gasteiger partial charge < -0.3 is 9.64 Å². The Labute approximate surface area is 106 Å². The topological polar surface area (TPSA) is 24.8 Å². The van der Waals surface area contributed by atoms with Gasteiger partial charge in [0.2, 0.25) is 0 Å². The number of benzene rings is 2. The molecular weight excluding hydrogens is 224 g/mol. The number of anilines is 1. The Bertz CT molecular complexity index is 720. The molecule has 1 aliphatic rings. The predicted molar refractivity (Wildman–Crippen MR) is 73.2 cm³/mol. The van der Waals surface area contributed by atoms with Gasteiger partial charge in [0.05, 0.1) is 0 Å². The van der Waals surface area contributed by atoms with Crippen LogP contribution in [-0.4, -0.2) is 14.1 Å². The zero-order valence-corrected chi connectivity index (χ0v) is 10.5. The minimum absolute atomic E-state index is 0.769. The lowest BCUT2D eigenvalue weighted by Crippen LogP contribution is -2.14. The SMILES string of the molecule is C=c1ccc2c(c1)Oc1cc(N(C)C)ccc1N=2. The van der Waals surface area contributed by atoms with Gasteiger partial charge in [-0.25, -0.2) is 4.99 Å². The Morgan fingerprint density at radius 3 is 2.67 bits per heavy atom. The molecule has 0 saturated carbocycles. The third-order valence-electron chi connectivity index (χ3n) is 2.94. The van der Waals surface area contributed by atoms with Crippen LogP contribution < -0.4 is 20.2 Å². The summed E-state index contributed by atoms with van der Waals surface area (Å²) in [6.45, 7) is 3.90. The molecule has 0 radical (unpaired) electrons. The summed E-state index contributed by atoms with van der Waals surface area (Å²) in [6.07, 6.45) is 0.